The molecule has 4 heteroatoms. The first kappa shape index (κ1) is 13.7. The van der Waals surface area contributed by atoms with Crippen molar-refractivity contribution in [2.45, 2.75) is 40.7 Å². The summed E-state index contributed by atoms with van der Waals surface area (Å²) in [6.45, 7) is 10.1. The SMILES string of the molecule is CCCNCc1cc(C)ccc1-n1nc(C)nc1C. The van der Waals surface area contributed by atoms with Gasteiger partial charge >= 0.3 is 0 Å². The minimum Gasteiger partial charge on any atom is -0.313 e. The Labute approximate surface area is 114 Å². The fourth-order valence-corrected chi connectivity index (χ4v) is 2.21. The Bertz CT molecular complexity index is 557. The highest BCUT2D eigenvalue weighted by atomic mass is 15.3. The Balaban J connectivity index is 2.36. The van der Waals surface area contributed by atoms with Crippen LogP contribution >= 0.6 is 0 Å². The molecule has 19 heavy (non-hydrogen) atoms. The van der Waals surface area contributed by atoms with Gasteiger partial charge in [-0.25, -0.2) is 9.67 Å². The van der Waals surface area contributed by atoms with E-state index in [1.807, 2.05) is 18.5 Å². The van der Waals surface area contributed by atoms with E-state index in [4.69, 9.17) is 0 Å². The van der Waals surface area contributed by atoms with Crippen LogP contribution in [0.25, 0.3) is 5.69 Å². The lowest BCUT2D eigenvalue weighted by atomic mass is 10.1. The second kappa shape index (κ2) is 5.97. The minimum atomic E-state index is 0.811. The van der Waals surface area contributed by atoms with Gasteiger partial charge in [-0.15, -0.1) is 0 Å². The molecule has 0 radical (unpaired) electrons. The quantitative estimate of drug-likeness (QED) is 0.838. The number of nitrogens with one attached hydrogen (secondary N) is 1. The molecule has 1 N–H and O–H groups in total. The Morgan fingerprint density at radius 1 is 1.21 bits per heavy atom. The number of nitrogens with zero attached hydrogens (tertiary/aromatic N) is 3. The van der Waals surface area contributed by atoms with E-state index in [9.17, 15) is 0 Å². The van der Waals surface area contributed by atoms with Gasteiger partial charge in [0.05, 0.1) is 5.69 Å². The zero-order valence-electron chi connectivity index (χ0n) is 12.2. The Kier molecular flexibility index (Phi) is 4.32. The Morgan fingerprint density at radius 2 is 2.00 bits per heavy atom. The molecule has 0 aliphatic carbocycles. The number of aryl methyl sites for hydroxylation is 3. The second-order valence-electron chi connectivity index (χ2n) is 4.93. The average Bonchev–Trinajstić information content (AvgIpc) is 2.69. The average molecular weight is 258 g/mol. The fraction of sp³-hybridized carbons (Fsp3) is 0.467. The van der Waals surface area contributed by atoms with Crippen LogP contribution < -0.4 is 5.32 Å². The maximum atomic E-state index is 4.48. The number of aromatic nitrogens is 3. The van der Waals surface area contributed by atoms with Crippen molar-refractivity contribution in [3.8, 4) is 5.69 Å². The molecule has 0 bridgehead atoms. The van der Waals surface area contributed by atoms with E-state index in [0.29, 0.717) is 0 Å². The van der Waals surface area contributed by atoms with Gasteiger partial charge in [0.25, 0.3) is 0 Å². The highest BCUT2D eigenvalue weighted by Gasteiger charge is 2.09. The van der Waals surface area contributed by atoms with Gasteiger partial charge in [-0.05, 0) is 45.4 Å². The van der Waals surface area contributed by atoms with Gasteiger partial charge in [-0.1, -0.05) is 24.6 Å². The van der Waals surface area contributed by atoms with Crippen molar-refractivity contribution in [2.75, 3.05) is 6.54 Å². The molecule has 2 aromatic rings. The summed E-state index contributed by atoms with van der Waals surface area (Å²) in [5.41, 5.74) is 3.65. The van der Waals surface area contributed by atoms with Crippen molar-refractivity contribution in [1.82, 2.24) is 20.1 Å². The fourth-order valence-electron chi connectivity index (χ4n) is 2.21. The normalized spacial score (nSPS) is 10.9. The van der Waals surface area contributed by atoms with Crippen molar-refractivity contribution in [1.29, 1.82) is 0 Å². The lowest BCUT2D eigenvalue weighted by Gasteiger charge is -2.12. The highest BCUT2D eigenvalue weighted by molar-refractivity contribution is 5.43. The van der Waals surface area contributed by atoms with E-state index in [2.05, 4.69) is 47.4 Å². The largest absolute Gasteiger partial charge is 0.313 e. The maximum absolute atomic E-state index is 4.48. The molecule has 2 rings (SSSR count). The molecule has 1 aromatic heterocycles. The first-order valence-electron chi connectivity index (χ1n) is 6.82. The third kappa shape index (κ3) is 3.20. The number of benzene rings is 1. The molecule has 0 saturated heterocycles. The molecule has 0 aliphatic heterocycles. The highest BCUT2D eigenvalue weighted by Crippen LogP contribution is 2.17. The van der Waals surface area contributed by atoms with Crippen molar-refractivity contribution in [2.24, 2.45) is 0 Å². The molecular formula is C15H22N4. The van der Waals surface area contributed by atoms with Gasteiger partial charge in [0.15, 0.2) is 0 Å². The van der Waals surface area contributed by atoms with Crippen molar-refractivity contribution in [3.05, 3.63) is 41.0 Å². The third-order valence-corrected chi connectivity index (χ3v) is 3.08. The van der Waals surface area contributed by atoms with Crippen LogP contribution in [0.2, 0.25) is 0 Å². The third-order valence-electron chi connectivity index (χ3n) is 3.08. The summed E-state index contributed by atoms with van der Waals surface area (Å²) >= 11 is 0. The topological polar surface area (TPSA) is 42.7 Å². The molecule has 1 heterocycles. The lowest BCUT2D eigenvalue weighted by Crippen LogP contribution is -2.16. The minimum absolute atomic E-state index is 0.811. The second-order valence-corrected chi connectivity index (χ2v) is 4.93. The molecule has 102 valence electrons. The monoisotopic (exact) mass is 258 g/mol. The van der Waals surface area contributed by atoms with E-state index in [-0.39, 0.29) is 0 Å². The summed E-state index contributed by atoms with van der Waals surface area (Å²) < 4.78 is 1.93. The van der Waals surface area contributed by atoms with E-state index in [1.165, 1.54) is 11.1 Å². The zero-order chi connectivity index (χ0) is 13.8. The standard InChI is InChI=1S/C15H22N4/c1-5-8-16-10-14-9-11(2)6-7-15(14)19-13(4)17-12(3)18-19/h6-7,9,16H,5,8,10H2,1-4H3. The summed E-state index contributed by atoms with van der Waals surface area (Å²) in [6.07, 6.45) is 1.14. The first-order valence-corrected chi connectivity index (χ1v) is 6.82. The van der Waals surface area contributed by atoms with Crippen LogP contribution in [-0.4, -0.2) is 21.3 Å². The van der Waals surface area contributed by atoms with Gasteiger partial charge < -0.3 is 5.32 Å². The van der Waals surface area contributed by atoms with E-state index in [1.54, 1.807) is 0 Å². The molecule has 0 unspecified atom stereocenters. The number of hydrogen-bond donors (Lipinski definition) is 1. The summed E-state index contributed by atoms with van der Waals surface area (Å²) in [7, 11) is 0. The molecule has 1 aromatic carbocycles. The van der Waals surface area contributed by atoms with E-state index < -0.39 is 0 Å². The van der Waals surface area contributed by atoms with E-state index >= 15 is 0 Å². The lowest BCUT2D eigenvalue weighted by molar-refractivity contribution is 0.668. The van der Waals surface area contributed by atoms with Crippen LogP contribution in [0.1, 0.15) is 36.1 Å². The molecule has 0 spiro atoms. The summed E-state index contributed by atoms with van der Waals surface area (Å²) in [5.74, 6) is 1.74. The predicted molar refractivity (Wildman–Crippen MR) is 77.6 cm³/mol. The van der Waals surface area contributed by atoms with Crippen LogP contribution in [0.15, 0.2) is 18.2 Å². The molecular weight excluding hydrogens is 236 g/mol. The predicted octanol–water partition coefficient (Wildman–Crippen LogP) is 2.69. The first-order chi connectivity index (χ1) is 9.11. The van der Waals surface area contributed by atoms with Gasteiger partial charge in [-0.3, -0.25) is 0 Å². The Morgan fingerprint density at radius 3 is 2.63 bits per heavy atom. The molecule has 0 aliphatic rings. The van der Waals surface area contributed by atoms with Crippen molar-refractivity contribution >= 4 is 0 Å². The van der Waals surface area contributed by atoms with Crippen molar-refractivity contribution < 1.29 is 0 Å². The maximum Gasteiger partial charge on any atom is 0.148 e. The van der Waals surface area contributed by atoms with Crippen LogP contribution in [0, 0.1) is 20.8 Å². The van der Waals surface area contributed by atoms with E-state index in [0.717, 1.165) is 36.8 Å². The molecule has 0 amide bonds. The molecule has 0 saturated carbocycles. The molecule has 4 nitrogen and oxygen atoms in total. The van der Waals surface area contributed by atoms with Crippen LogP contribution in [0.4, 0.5) is 0 Å². The van der Waals surface area contributed by atoms with Crippen molar-refractivity contribution in [3.63, 3.8) is 0 Å². The van der Waals surface area contributed by atoms with Gasteiger partial charge in [0.2, 0.25) is 0 Å². The van der Waals surface area contributed by atoms with Gasteiger partial charge in [0.1, 0.15) is 11.6 Å². The molecule has 0 fully saturated rings. The van der Waals surface area contributed by atoms with Crippen LogP contribution in [0.5, 0.6) is 0 Å². The van der Waals surface area contributed by atoms with Gasteiger partial charge in [0, 0.05) is 6.54 Å². The van der Waals surface area contributed by atoms with Crippen LogP contribution in [-0.2, 0) is 6.54 Å². The zero-order valence-corrected chi connectivity index (χ0v) is 12.2. The summed E-state index contributed by atoms with van der Waals surface area (Å²) in [4.78, 5) is 4.38. The smallest absolute Gasteiger partial charge is 0.148 e. The number of rotatable bonds is 5. The molecule has 0 atom stereocenters. The van der Waals surface area contributed by atoms with Gasteiger partial charge in [-0.2, -0.15) is 5.10 Å². The Hall–Kier alpha value is -1.68. The van der Waals surface area contributed by atoms with Crippen LogP contribution in [0.3, 0.4) is 0 Å². The summed E-state index contributed by atoms with van der Waals surface area (Å²) in [5, 5.41) is 7.93. The number of hydrogen-bond acceptors (Lipinski definition) is 3. The summed E-state index contributed by atoms with van der Waals surface area (Å²) in [6, 6.07) is 6.46.